The molecule has 0 spiro atoms. The van der Waals surface area contributed by atoms with E-state index in [-0.39, 0.29) is 36.9 Å². The van der Waals surface area contributed by atoms with Crippen molar-refractivity contribution in [1.82, 2.24) is 15.1 Å². The van der Waals surface area contributed by atoms with E-state index >= 15 is 0 Å². The fourth-order valence-electron chi connectivity index (χ4n) is 4.46. The summed E-state index contributed by atoms with van der Waals surface area (Å²) in [7, 11) is -2.20. The predicted octanol–water partition coefficient (Wildman–Crippen LogP) is 2.05. The Morgan fingerprint density at radius 2 is 1.47 bits per heavy atom. The number of piperidine rings is 1. The number of nitrogens with zero attached hydrogens (tertiary/aromatic N) is 2. The summed E-state index contributed by atoms with van der Waals surface area (Å²) >= 11 is 0. The third-order valence-corrected chi connectivity index (χ3v) is 8.33. The van der Waals surface area contributed by atoms with Crippen LogP contribution in [0.5, 0.6) is 5.75 Å². The van der Waals surface area contributed by atoms with E-state index in [4.69, 9.17) is 9.47 Å². The van der Waals surface area contributed by atoms with Gasteiger partial charge in [0.15, 0.2) is 9.84 Å². The zero-order valence-corrected chi connectivity index (χ0v) is 21.0. The molecule has 0 aromatic heterocycles. The van der Waals surface area contributed by atoms with E-state index in [9.17, 15) is 23.1 Å². The molecule has 4 rings (SSSR count). The lowest BCUT2D eigenvalue weighted by molar-refractivity contribution is -0.146. The number of ether oxygens (including phenoxy) is 2. The number of amides is 2. The van der Waals surface area contributed by atoms with Gasteiger partial charge in [-0.05, 0) is 48.2 Å². The average molecular weight is 518 g/mol. The Morgan fingerprint density at radius 1 is 0.944 bits per heavy atom. The zero-order chi connectivity index (χ0) is 25.8. The van der Waals surface area contributed by atoms with Crippen LogP contribution in [-0.4, -0.2) is 93.2 Å². The number of hydrogen-bond acceptors (Lipinski definition) is 7. The van der Waals surface area contributed by atoms with Gasteiger partial charge in [-0.3, -0.25) is 10.1 Å². The van der Waals surface area contributed by atoms with Gasteiger partial charge in [-0.2, -0.15) is 0 Å². The Hall–Kier alpha value is -3.15. The lowest BCUT2D eigenvalue weighted by Gasteiger charge is -2.41. The van der Waals surface area contributed by atoms with Gasteiger partial charge in [-0.25, -0.2) is 13.2 Å². The van der Waals surface area contributed by atoms with Crippen LogP contribution in [0.3, 0.4) is 0 Å². The highest BCUT2D eigenvalue weighted by atomic mass is 32.2. The number of benzene rings is 2. The molecule has 2 N–H and O–H groups in total. The zero-order valence-electron chi connectivity index (χ0n) is 20.2. The van der Waals surface area contributed by atoms with Crippen molar-refractivity contribution in [3.8, 4) is 16.9 Å². The molecule has 2 aromatic carbocycles. The molecule has 2 amide bonds. The molecule has 2 aromatic rings. The minimum atomic E-state index is -3.79. The Bertz CT molecular complexity index is 1170. The number of carboxylic acid groups (broad SMARTS) is 1. The van der Waals surface area contributed by atoms with Gasteiger partial charge < -0.3 is 24.4 Å². The maximum atomic E-state index is 13.0. The average Bonchev–Trinajstić information content (AvgIpc) is 2.92. The summed E-state index contributed by atoms with van der Waals surface area (Å²) in [6.45, 7) is 2.44. The highest BCUT2D eigenvalue weighted by Gasteiger charge is 2.43. The van der Waals surface area contributed by atoms with Gasteiger partial charge in [0.05, 0.1) is 25.2 Å². The molecule has 0 bridgehead atoms. The van der Waals surface area contributed by atoms with Crippen LogP contribution in [0.1, 0.15) is 12.8 Å². The van der Waals surface area contributed by atoms with Gasteiger partial charge >= 0.3 is 12.0 Å². The van der Waals surface area contributed by atoms with Gasteiger partial charge in [0.25, 0.3) is 0 Å². The smallest absolute Gasteiger partial charge is 0.324 e. The molecule has 2 heterocycles. The summed E-state index contributed by atoms with van der Waals surface area (Å²) in [5.74, 6) is -0.905. The first-order valence-corrected chi connectivity index (χ1v) is 13.5. The Morgan fingerprint density at radius 3 is 2.00 bits per heavy atom. The lowest BCUT2D eigenvalue weighted by atomic mass is 9.88. The number of hydrogen-bond donors (Lipinski definition) is 2. The van der Waals surface area contributed by atoms with Gasteiger partial charge in [-0.15, -0.1) is 0 Å². The SMILES string of the molecule is COc1ccc(-c2ccc(S(=O)(=O)CNC3(C(=O)O)CCN(C(=O)N4CCOCC4)CC3)cc2)cc1. The van der Waals surface area contributed by atoms with E-state index in [1.165, 1.54) is 12.1 Å². The third kappa shape index (κ3) is 5.63. The number of rotatable bonds is 7. The molecule has 2 aliphatic heterocycles. The molecule has 2 fully saturated rings. The molecule has 0 radical (unpaired) electrons. The Balaban J connectivity index is 1.39. The van der Waals surface area contributed by atoms with Crippen LogP contribution in [0.15, 0.2) is 53.4 Å². The summed E-state index contributed by atoms with van der Waals surface area (Å²) in [5.41, 5.74) is 0.350. The number of likely N-dealkylation sites (tertiary alicyclic amines) is 1. The molecule has 11 heteroatoms. The molecule has 0 saturated carbocycles. The van der Waals surface area contributed by atoms with Crippen LogP contribution in [-0.2, 0) is 19.4 Å². The van der Waals surface area contributed by atoms with Crippen LogP contribution in [0.25, 0.3) is 11.1 Å². The number of urea groups is 1. The number of aliphatic carboxylic acids is 1. The second-order valence-corrected chi connectivity index (χ2v) is 10.9. The number of methoxy groups -OCH3 is 1. The lowest BCUT2D eigenvalue weighted by Crippen LogP contribution is -2.61. The third-order valence-electron chi connectivity index (χ3n) is 6.82. The maximum Gasteiger partial charge on any atom is 0.324 e. The second-order valence-electron chi connectivity index (χ2n) is 8.95. The number of carboxylic acids is 1. The summed E-state index contributed by atoms with van der Waals surface area (Å²) in [6, 6.07) is 13.8. The first-order valence-electron chi connectivity index (χ1n) is 11.8. The number of sulfone groups is 1. The van der Waals surface area contributed by atoms with E-state index in [1.807, 2.05) is 24.3 Å². The molecular formula is C25H31N3O7S. The first-order chi connectivity index (χ1) is 17.2. The fourth-order valence-corrected chi connectivity index (χ4v) is 5.64. The Labute approximate surface area is 210 Å². The minimum absolute atomic E-state index is 0.104. The summed E-state index contributed by atoms with van der Waals surface area (Å²) in [6.07, 6.45) is 0.231. The normalized spacial score (nSPS) is 18.0. The van der Waals surface area contributed by atoms with Crippen molar-refractivity contribution in [1.29, 1.82) is 0 Å². The molecule has 10 nitrogen and oxygen atoms in total. The number of nitrogens with one attached hydrogen (secondary N) is 1. The van der Waals surface area contributed by atoms with Crippen molar-refractivity contribution in [2.75, 3.05) is 52.4 Å². The Kier molecular flexibility index (Phi) is 7.82. The minimum Gasteiger partial charge on any atom is -0.497 e. The topological polar surface area (TPSA) is 125 Å². The van der Waals surface area contributed by atoms with Gasteiger partial charge in [0, 0.05) is 26.2 Å². The van der Waals surface area contributed by atoms with Crippen LogP contribution in [0, 0.1) is 0 Å². The highest BCUT2D eigenvalue weighted by molar-refractivity contribution is 7.91. The number of carbonyl (C=O) groups is 2. The molecule has 2 saturated heterocycles. The molecule has 36 heavy (non-hydrogen) atoms. The van der Waals surface area contributed by atoms with Crippen LogP contribution in [0.2, 0.25) is 0 Å². The van der Waals surface area contributed by atoms with E-state index in [0.29, 0.717) is 26.3 Å². The molecule has 0 unspecified atom stereocenters. The van der Waals surface area contributed by atoms with E-state index < -0.39 is 27.2 Å². The molecule has 2 aliphatic rings. The van der Waals surface area contributed by atoms with Crippen molar-refractivity contribution < 1.29 is 32.6 Å². The van der Waals surface area contributed by atoms with E-state index in [0.717, 1.165) is 16.9 Å². The standard InChI is InChI=1S/C25H31N3O7S/c1-34-21-6-2-19(3-7-21)20-4-8-22(9-5-20)36(32,33)18-26-25(23(29)30)10-12-27(13-11-25)24(31)28-14-16-35-17-15-28/h2-9,26H,10-18H2,1H3,(H,29,30). The van der Waals surface area contributed by atoms with Crippen molar-refractivity contribution in [3.05, 3.63) is 48.5 Å². The quantitative estimate of drug-likeness (QED) is 0.572. The first kappa shape index (κ1) is 25.9. The van der Waals surface area contributed by atoms with E-state index in [1.54, 1.807) is 29.0 Å². The summed E-state index contributed by atoms with van der Waals surface area (Å²) in [5, 5.41) is 12.7. The number of carbonyl (C=O) groups excluding carboxylic acids is 1. The monoisotopic (exact) mass is 517 g/mol. The van der Waals surface area contributed by atoms with Gasteiger partial charge in [0.1, 0.15) is 17.2 Å². The van der Waals surface area contributed by atoms with Crippen LogP contribution < -0.4 is 10.1 Å². The second kappa shape index (κ2) is 10.9. The van der Waals surface area contributed by atoms with Crippen LogP contribution in [0.4, 0.5) is 4.79 Å². The number of morpholine rings is 1. The van der Waals surface area contributed by atoms with Gasteiger partial charge in [0.2, 0.25) is 0 Å². The predicted molar refractivity (Wildman–Crippen MR) is 133 cm³/mol. The largest absolute Gasteiger partial charge is 0.497 e. The maximum absolute atomic E-state index is 13.0. The molecule has 194 valence electrons. The fraction of sp³-hybridized carbons (Fsp3) is 0.440. The van der Waals surface area contributed by atoms with E-state index in [2.05, 4.69) is 5.32 Å². The summed E-state index contributed by atoms with van der Waals surface area (Å²) in [4.78, 5) is 28.3. The van der Waals surface area contributed by atoms with Crippen molar-refractivity contribution in [2.24, 2.45) is 0 Å². The molecular weight excluding hydrogens is 486 g/mol. The molecule has 0 aliphatic carbocycles. The van der Waals surface area contributed by atoms with Crippen molar-refractivity contribution in [2.45, 2.75) is 23.3 Å². The molecule has 0 atom stereocenters. The summed E-state index contributed by atoms with van der Waals surface area (Å²) < 4.78 is 36.4. The van der Waals surface area contributed by atoms with Crippen molar-refractivity contribution in [3.63, 3.8) is 0 Å². The van der Waals surface area contributed by atoms with Gasteiger partial charge in [-0.1, -0.05) is 24.3 Å². The highest BCUT2D eigenvalue weighted by Crippen LogP contribution is 2.26. The van der Waals surface area contributed by atoms with Crippen molar-refractivity contribution >= 4 is 21.8 Å². The van der Waals surface area contributed by atoms with Crippen LogP contribution >= 0.6 is 0 Å².